The first kappa shape index (κ1) is 12.8. The lowest BCUT2D eigenvalue weighted by Gasteiger charge is -2.18. The number of rotatable bonds is 8. The van der Waals surface area contributed by atoms with Crippen molar-refractivity contribution in [1.29, 1.82) is 0 Å². The standard InChI is InChI=1S/C14H22N2S/c1-3-9-16(12-5-6-12)11-14-8-7-13(17-14)10-15-4-2/h3,7-8,12,15H,1,4-6,9-11H2,2H3. The first-order valence-corrected chi connectivity index (χ1v) is 7.28. The van der Waals surface area contributed by atoms with E-state index in [-0.39, 0.29) is 0 Å². The molecule has 94 valence electrons. The summed E-state index contributed by atoms with van der Waals surface area (Å²) in [5, 5.41) is 3.37. The van der Waals surface area contributed by atoms with E-state index in [1.165, 1.54) is 22.6 Å². The van der Waals surface area contributed by atoms with E-state index < -0.39 is 0 Å². The average Bonchev–Trinajstić information content (AvgIpc) is 3.08. The Morgan fingerprint density at radius 3 is 2.88 bits per heavy atom. The summed E-state index contributed by atoms with van der Waals surface area (Å²) in [5.41, 5.74) is 0. The van der Waals surface area contributed by atoms with Gasteiger partial charge in [0.1, 0.15) is 0 Å². The summed E-state index contributed by atoms with van der Waals surface area (Å²) in [5.74, 6) is 0. The second-order valence-electron chi connectivity index (χ2n) is 4.60. The predicted molar refractivity (Wildman–Crippen MR) is 75.3 cm³/mol. The number of hydrogen-bond donors (Lipinski definition) is 1. The summed E-state index contributed by atoms with van der Waals surface area (Å²) in [6.07, 6.45) is 4.75. The van der Waals surface area contributed by atoms with Crippen LogP contribution in [-0.2, 0) is 13.1 Å². The Kier molecular flexibility index (Phi) is 4.77. The number of nitrogens with one attached hydrogen (secondary N) is 1. The molecule has 0 radical (unpaired) electrons. The van der Waals surface area contributed by atoms with Crippen LogP contribution in [0, 0.1) is 0 Å². The highest BCUT2D eigenvalue weighted by molar-refractivity contribution is 7.11. The molecule has 17 heavy (non-hydrogen) atoms. The van der Waals surface area contributed by atoms with E-state index in [1.807, 2.05) is 17.4 Å². The molecule has 0 atom stereocenters. The molecule has 3 heteroatoms. The van der Waals surface area contributed by atoms with Gasteiger partial charge in [-0.15, -0.1) is 17.9 Å². The van der Waals surface area contributed by atoms with E-state index in [2.05, 4.69) is 35.9 Å². The van der Waals surface area contributed by atoms with Gasteiger partial charge in [-0.3, -0.25) is 4.90 Å². The fourth-order valence-corrected chi connectivity index (χ4v) is 3.01. The molecule has 0 unspecified atom stereocenters. The van der Waals surface area contributed by atoms with Crippen LogP contribution in [0.2, 0.25) is 0 Å². The van der Waals surface area contributed by atoms with Gasteiger partial charge in [-0.05, 0) is 31.5 Å². The molecule has 2 nitrogen and oxygen atoms in total. The fraction of sp³-hybridized carbons (Fsp3) is 0.571. The van der Waals surface area contributed by atoms with Crippen molar-refractivity contribution in [2.75, 3.05) is 13.1 Å². The fourth-order valence-electron chi connectivity index (χ4n) is 2.00. The zero-order valence-corrected chi connectivity index (χ0v) is 11.4. The number of thiophene rings is 1. The van der Waals surface area contributed by atoms with E-state index in [9.17, 15) is 0 Å². The normalized spacial score (nSPS) is 15.4. The van der Waals surface area contributed by atoms with Crippen LogP contribution in [0.15, 0.2) is 24.8 Å². The largest absolute Gasteiger partial charge is 0.312 e. The van der Waals surface area contributed by atoms with Crippen molar-refractivity contribution < 1.29 is 0 Å². The topological polar surface area (TPSA) is 15.3 Å². The molecule has 1 fully saturated rings. The smallest absolute Gasteiger partial charge is 0.0334 e. The molecule has 1 aliphatic carbocycles. The molecule has 1 aliphatic rings. The van der Waals surface area contributed by atoms with Gasteiger partial charge in [-0.1, -0.05) is 13.0 Å². The summed E-state index contributed by atoms with van der Waals surface area (Å²) in [4.78, 5) is 5.46. The van der Waals surface area contributed by atoms with Crippen LogP contribution < -0.4 is 5.32 Å². The Hall–Kier alpha value is -0.640. The molecule has 2 rings (SSSR count). The zero-order chi connectivity index (χ0) is 12.1. The molecule has 1 saturated carbocycles. The van der Waals surface area contributed by atoms with Gasteiger partial charge in [0.2, 0.25) is 0 Å². The van der Waals surface area contributed by atoms with Crippen molar-refractivity contribution in [2.45, 2.75) is 38.9 Å². The van der Waals surface area contributed by atoms with Crippen LogP contribution >= 0.6 is 11.3 Å². The Morgan fingerprint density at radius 2 is 2.24 bits per heavy atom. The van der Waals surface area contributed by atoms with Crippen LogP contribution in [-0.4, -0.2) is 24.0 Å². The van der Waals surface area contributed by atoms with Gasteiger partial charge in [-0.2, -0.15) is 0 Å². The zero-order valence-electron chi connectivity index (χ0n) is 10.6. The Morgan fingerprint density at radius 1 is 1.47 bits per heavy atom. The summed E-state index contributed by atoms with van der Waals surface area (Å²) in [6.45, 7) is 10.2. The van der Waals surface area contributed by atoms with E-state index in [0.29, 0.717) is 0 Å². The third kappa shape index (κ3) is 3.95. The highest BCUT2D eigenvalue weighted by Gasteiger charge is 2.28. The van der Waals surface area contributed by atoms with Crippen molar-refractivity contribution in [1.82, 2.24) is 10.2 Å². The van der Waals surface area contributed by atoms with Gasteiger partial charge in [0.25, 0.3) is 0 Å². The third-order valence-electron chi connectivity index (χ3n) is 3.05. The van der Waals surface area contributed by atoms with E-state index in [0.717, 1.165) is 32.2 Å². The lowest BCUT2D eigenvalue weighted by Crippen LogP contribution is -2.25. The summed E-state index contributed by atoms with van der Waals surface area (Å²) in [6, 6.07) is 5.34. The van der Waals surface area contributed by atoms with Crippen LogP contribution in [0.25, 0.3) is 0 Å². The van der Waals surface area contributed by atoms with Crippen molar-refractivity contribution in [3.63, 3.8) is 0 Å². The van der Waals surface area contributed by atoms with Gasteiger partial charge in [-0.25, -0.2) is 0 Å². The molecule has 0 saturated heterocycles. The summed E-state index contributed by atoms with van der Waals surface area (Å²) in [7, 11) is 0. The SMILES string of the molecule is C=CCN(Cc1ccc(CNCC)s1)C1CC1. The molecule has 0 aliphatic heterocycles. The van der Waals surface area contributed by atoms with Crippen LogP contribution in [0.5, 0.6) is 0 Å². The van der Waals surface area contributed by atoms with Gasteiger partial charge in [0.05, 0.1) is 0 Å². The van der Waals surface area contributed by atoms with Crippen molar-refractivity contribution in [2.24, 2.45) is 0 Å². The summed E-state index contributed by atoms with van der Waals surface area (Å²) < 4.78 is 0. The summed E-state index contributed by atoms with van der Waals surface area (Å²) >= 11 is 1.93. The molecular formula is C14H22N2S. The van der Waals surface area contributed by atoms with Gasteiger partial charge in [0, 0.05) is 35.4 Å². The first-order chi connectivity index (χ1) is 8.33. The molecular weight excluding hydrogens is 228 g/mol. The highest BCUT2D eigenvalue weighted by atomic mass is 32.1. The number of nitrogens with zero attached hydrogens (tertiary/aromatic N) is 1. The molecule has 0 aromatic carbocycles. The third-order valence-corrected chi connectivity index (χ3v) is 4.12. The molecule has 1 heterocycles. The Labute approximate surface area is 108 Å². The molecule has 0 spiro atoms. The minimum Gasteiger partial charge on any atom is -0.312 e. The molecule has 0 bridgehead atoms. The van der Waals surface area contributed by atoms with E-state index >= 15 is 0 Å². The van der Waals surface area contributed by atoms with Gasteiger partial charge < -0.3 is 5.32 Å². The van der Waals surface area contributed by atoms with E-state index in [4.69, 9.17) is 0 Å². The molecule has 0 amide bonds. The first-order valence-electron chi connectivity index (χ1n) is 6.46. The van der Waals surface area contributed by atoms with Crippen LogP contribution in [0.4, 0.5) is 0 Å². The molecule has 1 N–H and O–H groups in total. The highest BCUT2D eigenvalue weighted by Crippen LogP contribution is 2.29. The maximum atomic E-state index is 3.85. The van der Waals surface area contributed by atoms with Crippen molar-refractivity contribution in [3.05, 3.63) is 34.5 Å². The van der Waals surface area contributed by atoms with E-state index in [1.54, 1.807) is 0 Å². The maximum absolute atomic E-state index is 3.85. The minimum absolute atomic E-state index is 0.812. The van der Waals surface area contributed by atoms with Crippen LogP contribution in [0.3, 0.4) is 0 Å². The molecule has 1 aromatic heterocycles. The van der Waals surface area contributed by atoms with Crippen LogP contribution in [0.1, 0.15) is 29.5 Å². The number of hydrogen-bond acceptors (Lipinski definition) is 3. The van der Waals surface area contributed by atoms with Crippen molar-refractivity contribution >= 4 is 11.3 Å². The Bertz CT molecular complexity index is 355. The minimum atomic E-state index is 0.812. The van der Waals surface area contributed by atoms with Gasteiger partial charge >= 0.3 is 0 Å². The quantitative estimate of drug-likeness (QED) is 0.714. The lowest BCUT2D eigenvalue weighted by atomic mass is 10.3. The lowest BCUT2D eigenvalue weighted by molar-refractivity contribution is 0.286. The molecule has 1 aromatic rings. The monoisotopic (exact) mass is 250 g/mol. The second kappa shape index (κ2) is 6.34. The predicted octanol–water partition coefficient (Wildman–Crippen LogP) is 3.01. The maximum Gasteiger partial charge on any atom is 0.0334 e. The Balaban J connectivity index is 1.87. The average molecular weight is 250 g/mol. The van der Waals surface area contributed by atoms with Crippen molar-refractivity contribution in [3.8, 4) is 0 Å². The second-order valence-corrected chi connectivity index (χ2v) is 5.85. The van der Waals surface area contributed by atoms with Gasteiger partial charge in [0.15, 0.2) is 0 Å².